The van der Waals surface area contributed by atoms with Crippen molar-refractivity contribution in [3.8, 4) is 0 Å². The van der Waals surface area contributed by atoms with E-state index in [0.29, 0.717) is 0 Å². The van der Waals surface area contributed by atoms with Crippen LogP contribution in [0.4, 0.5) is 5.69 Å². The van der Waals surface area contributed by atoms with Gasteiger partial charge in [0.25, 0.3) is 0 Å². The first kappa shape index (κ1) is 23.7. The molecule has 11 heteroatoms. The van der Waals surface area contributed by atoms with Crippen molar-refractivity contribution in [2.24, 2.45) is 0 Å². The first-order valence-corrected chi connectivity index (χ1v) is 6.25. The van der Waals surface area contributed by atoms with Gasteiger partial charge in [0.2, 0.25) is 0 Å². The molecule has 0 aliphatic carbocycles. The summed E-state index contributed by atoms with van der Waals surface area (Å²) in [5.74, 6) is 0. The fourth-order valence-corrected chi connectivity index (χ4v) is 0.670. The van der Waals surface area contributed by atoms with Crippen molar-refractivity contribution in [2.45, 2.75) is 6.92 Å². The second-order valence-electron chi connectivity index (χ2n) is 2.58. The van der Waals surface area contributed by atoms with Gasteiger partial charge in [0.15, 0.2) is 0 Å². The van der Waals surface area contributed by atoms with Crippen molar-refractivity contribution >= 4 is 27.4 Å². The minimum atomic E-state index is -4.67. The normalized spacial score (nSPS) is 10.7. The summed E-state index contributed by atoms with van der Waals surface area (Å²) in [4.78, 5) is 0. The Balaban J connectivity index is -0.000000198. The van der Waals surface area contributed by atoms with Crippen LogP contribution in [0, 0.1) is 6.92 Å². The van der Waals surface area contributed by atoms with E-state index in [2.05, 4.69) is 0 Å². The number of anilines is 1. The Hall–Kier alpha value is 0.596. The molecule has 0 heterocycles. The van der Waals surface area contributed by atoms with Crippen molar-refractivity contribution in [2.75, 3.05) is 5.73 Å². The number of hydrogen-bond acceptors (Lipinski definition) is 5. The van der Waals surface area contributed by atoms with Crippen molar-refractivity contribution in [1.82, 2.24) is 0 Å². The van der Waals surface area contributed by atoms with Crippen LogP contribution in [0.25, 0.3) is 0 Å². The Bertz CT molecular complexity index is 422. The molecule has 0 aliphatic rings. The van der Waals surface area contributed by atoms with Gasteiger partial charge in [-0.2, -0.15) is 8.42 Å². The van der Waals surface area contributed by atoms with Gasteiger partial charge in [-0.3, -0.25) is 9.11 Å². The van der Waals surface area contributed by atoms with E-state index in [9.17, 15) is 0 Å². The molecule has 100 valence electrons. The van der Waals surface area contributed by atoms with Gasteiger partial charge in [-0.15, -0.1) is 0 Å². The van der Waals surface area contributed by atoms with Gasteiger partial charge >= 0.3 is 61.8 Å². The summed E-state index contributed by atoms with van der Waals surface area (Å²) in [7, 11) is -4.67. The molecule has 0 aromatic heterocycles. The SMILES string of the molecule is Cc1cccc(N)c1.O=S(=O)(O)O.O=S([O-])O.[K+]. The van der Waals surface area contributed by atoms with Crippen LogP contribution in [0.15, 0.2) is 24.3 Å². The minimum absolute atomic E-state index is 0. The number of aryl methyl sites for hydroxylation is 1. The topological polar surface area (TPSA) is 161 Å². The molecule has 0 saturated carbocycles. The second kappa shape index (κ2) is 12.6. The van der Waals surface area contributed by atoms with Crippen molar-refractivity contribution in [1.29, 1.82) is 0 Å². The fourth-order valence-electron chi connectivity index (χ4n) is 0.670. The zero-order chi connectivity index (χ0) is 14.1. The Morgan fingerprint density at radius 3 is 1.83 bits per heavy atom. The summed E-state index contributed by atoms with van der Waals surface area (Å²) in [5.41, 5.74) is 7.51. The number of hydrogen-bond donors (Lipinski definition) is 4. The third kappa shape index (κ3) is 36.0. The van der Waals surface area contributed by atoms with Gasteiger partial charge in [0.05, 0.1) is 11.4 Å². The quantitative estimate of drug-likeness (QED) is 0.173. The molecule has 0 aliphatic heterocycles. The molecule has 0 amide bonds. The molecule has 5 N–H and O–H groups in total. The Morgan fingerprint density at radius 1 is 1.33 bits per heavy atom. The van der Waals surface area contributed by atoms with E-state index in [1.54, 1.807) is 0 Å². The summed E-state index contributed by atoms with van der Waals surface area (Å²) in [5, 5.41) is 0. The van der Waals surface area contributed by atoms with Crippen LogP contribution in [0.3, 0.4) is 0 Å². The standard InChI is InChI=1S/C7H9N.K.H2O4S.H2O3S/c1-6-3-2-4-7(8)5-6;;1-5(2,3)4;1-4(2)3/h2-5H,8H2,1H3;;(H2,1,2,3,4);(H2,1,2,3)/q;+1;;/p-1. The van der Waals surface area contributed by atoms with Crippen molar-refractivity contribution in [3.05, 3.63) is 29.8 Å². The Morgan fingerprint density at radius 2 is 1.67 bits per heavy atom. The van der Waals surface area contributed by atoms with Crippen molar-refractivity contribution in [3.63, 3.8) is 0 Å². The summed E-state index contributed by atoms with van der Waals surface area (Å²) >= 11 is -2.86. The third-order valence-electron chi connectivity index (χ3n) is 1.04. The van der Waals surface area contributed by atoms with E-state index in [1.807, 2.05) is 31.2 Å². The van der Waals surface area contributed by atoms with Crippen molar-refractivity contribution < 1.29 is 82.2 Å². The molecular weight excluding hydrogens is 313 g/mol. The van der Waals surface area contributed by atoms with Gasteiger partial charge in [-0.05, 0) is 24.6 Å². The maximum Gasteiger partial charge on any atom is 1.00 e. The summed E-state index contributed by atoms with van der Waals surface area (Å²) in [6, 6.07) is 7.80. The van der Waals surface area contributed by atoms with Gasteiger partial charge in [-0.1, -0.05) is 12.1 Å². The largest absolute Gasteiger partial charge is 1.00 e. The number of rotatable bonds is 0. The minimum Gasteiger partial charge on any atom is -0.750 e. The molecular formula is C7H12KNO7S2. The number of benzene rings is 1. The fraction of sp³-hybridized carbons (Fsp3) is 0.143. The average Bonchev–Trinajstić information content (AvgIpc) is 1.97. The monoisotopic (exact) mass is 325 g/mol. The molecule has 1 aromatic rings. The molecule has 0 saturated heterocycles. The zero-order valence-electron chi connectivity index (χ0n) is 9.68. The number of nitrogens with two attached hydrogens (primary N) is 1. The van der Waals surface area contributed by atoms with Crippen LogP contribution in [-0.4, -0.2) is 30.8 Å². The van der Waals surface area contributed by atoms with E-state index in [4.69, 9.17) is 36.6 Å². The zero-order valence-corrected chi connectivity index (χ0v) is 14.4. The molecule has 1 rings (SSSR count). The maximum absolute atomic E-state index is 8.74. The van der Waals surface area contributed by atoms with E-state index < -0.39 is 21.8 Å². The molecule has 0 fully saturated rings. The van der Waals surface area contributed by atoms with Crippen LogP contribution < -0.4 is 57.1 Å². The van der Waals surface area contributed by atoms with E-state index in [0.717, 1.165) is 5.69 Å². The third-order valence-corrected chi connectivity index (χ3v) is 1.04. The average molecular weight is 325 g/mol. The van der Waals surface area contributed by atoms with Gasteiger partial charge < -0.3 is 14.8 Å². The number of nitrogen functional groups attached to an aromatic ring is 1. The molecule has 0 bridgehead atoms. The van der Waals surface area contributed by atoms with Crippen LogP contribution in [0.2, 0.25) is 0 Å². The molecule has 8 nitrogen and oxygen atoms in total. The molecule has 18 heavy (non-hydrogen) atoms. The predicted octanol–water partition coefficient (Wildman–Crippen LogP) is -2.73. The molecule has 1 atom stereocenters. The Kier molecular flexibility index (Phi) is 16.6. The van der Waals surface area contributed by atoms with Crippen LogP contribution in [-0.2, 0) is 21.8 Å². The van der Waals surface area contributed by atoms with E-state index >= 15 is 0 Å². The van der Waals surface area contributed by atoms with Gasteiger partial charge in [0, 0.05) is 5.69 Å². The van der Waals surface area contributed by atoms with Crippen LogP contribution >= 0.6 is 0 Å². The molecule has 1 aromatic carbocycles. The first-order valence-electron chi connectivity index (χ1n) is 3.82. The van der Waals surface area contributed by atoms with Crippen LogP contribution in [0.5, 0.6) is 0 Å². The summed E-state index contributed by atoms with van der Waals surface area (Å²) in [6.07, 6.45) is 0. The first-order chi connectivity index (χ1) is 7.52. The predicted molar refractivity (Wildman–Crippen MR) is 61.3 cm³/mol. The molecule has 0 spiro atoms. The Labute approximate surface area is 150 Å². The molecule has 0 radical (unpaired) electrons. The van der Waals surface area contributed by atoms with E-state index in [1.165, 1.54) is 5.56 Å². The summed E-state index contributed by atoms with van der Waals surface area (Å²) < 4.78 is 55.7. The van der Waals surface area contributed by atoms with Gasteiger partial charge in [-0.25, -0.2) is 4.21 Å². The second-order valence-corrected chi connectivity index (χ2v) is 3.91. The van der Waals surface area contributed by atoms with Gasteiger partial charge in [0.1, 0.15) is 0 Å². The molecule has 1 unspecified atom stereocenters. The smallest absolute Gasteiger partial charge is 0.750 e. The van der Waals surface area contributed by atoms with Crippen LogP contribution in [0.1, 0.15) is 5.56 Å². The maximum atomic E-state index is 8.74. The van der Waals surface area contributed by atoms with E-state index in [-0.39, 0.29) is 51.4 Å². The summed E-state index contributed by atoms with van der Waals surface area (Å²) in [6.45, 7) is 2.02.